The molecule has 4 rings (SSSR count). The Bertz CT molecular complexity index is 740. The summed E-state index contributed by atoms with van der Waals surface area (Å²) in [5.41, 5.74) is 1.91. The highest BCUT2D eigenvalue weighted by Gasteiger charge is 2.41. The Kier molecular flexibility index (Phi) is 4.81. The van der Waals surface area contributed by atoms with Crippen LogP contribution in [0.25, 0.3) is 0 Å². The number of piperidine rings is 1. The third-order valence-corrected chi connectivity index (χ3v) is 5.80. The number of benzene rings is 1. The van der Waals surface area contributed by atoms with E-state index in [1.165, 1.54) is 18.4 Å². The first-order valence-electron chi connectivity index (χ1n) is 9.76. The summed E-state index contributed by atoms with van der Waals surface area (Å²) in [4.78, 5) is 15.2. The summed E-state index contributed by atoms with van der Waals surface area (Å²) in [6.07, 6.45) is 6.45. The molecule has 138 valence electrons. The molecule has 0 radical (unpaired) electrons. The van der Waals surface area contributed by atoms with Crippen LogP contribution >= 0.6 is 0 Å². The Morgan fingerprint density at radius 2 is 1.85 bits per heavy atom. The number of rotatable bonds is 5. The topological polar surface area (TPSA) is 50.2 Å². The van der Waals surface area contributed by atoms with Crippen LogP contribution in [0.15, 0.2) is 42.6 Å². The Labute approximate surface area is 155 Å². The summed E-state index contributed by atoms with van der Waals surface area (Å²) in [5.74, 6) is -0.0368. The summed E-state index contributed by atoms with van der Waals surface area (Å²) in [6, 6.07) is 14.2. The van der Waals surface area contributed by atoms with E-state index in [2.05, 4.69) is 59.5 Å². The maximum atomic E-state index is 12.6. The molecule has 0 aliphatic carbocycles. The summed E-state index contributed by atoms with van der Waals surface area (Å²) < 4.78 is 1.83. The molecule has 1 aromatic heterocycles. The Morgan fingerprint density at radius 1 is 1.15 bits per heavy atom. The molecule has 0 saturated carbocycles. The fourth-order valence-corrected chi connectivity index (χ4v) is 4.45. The van der Waals surface area contributed by atoms with Crippen LogP contribution in [-0.4, -0.2) is 38.7 Å². The van der Waals surface area contributed by atoms with Crippen LogP contribution in [-0.2, 0) is 6.54 Å². The summed E-state index contributed by atoms with van der Waals surface area (Å²) in [7, 11) is 0. The molecule has 26 heavy (non-hydrogen) atoms. The van der Waals surface area contributed by atoms with Crippen molar-refractivity contribution < 1.29 is 4.79 Å². The van der Waals surface area contributed by atoms with E-state index in [-0.39, 0.29) is 18.0 Å². The van der Waals surface area contributed by atoms with Crippen LogP contribution in [0, 0.1) is 0 Å². The van der Waals surface area contributed by atoms with Gasteiger partial charge in [-0.25, -0.2) is 0 Å². The number of nitrogens with one attached hydrogen (secondary N) is 1. The van der Waals surface area contributed by atoms with Crippen molar-refractivity contribution in [2.24, 2.45) is 0 Å². The number of hydrogen-bond acceptors (Lipinski definition) is 3. The number of amides is 1. The van der Waals surface area contributed by atoms with Crippen molar-refractivity contribution in [1.29, 1.82) is 0 Å². The van der Waals surface area contributed by atoms with Gasteiger partial charge >= 0.3 is 0 Å². The molecule has 2 atom stereocenters. The van der Waals surface area contributed by atoms with E-state index in [1.807, 2.05) is 16.9 Å². The van der Waals surface area contributed by atoms with Crippen LogP contribution in [0.4, 0.5) is 0 Å². The molecular formula is C21H28N4O. The largest absolute Gasteiger partial charge is 0.348 e. The second-order valence-electron chi connectivity index (χ2n) is 7.96. The number of fused-ring (bicyclic) bond motifs is 2. The molecule has 5 nitrogen and oxygen atoms in total. The highest BCUT2D eigenvalue weighted by Crippen LogP contribution is 2.36. The van der Waals surface area contributed by atoms with Crippen LogP contribution in [0.5, 0.6) is 0 Å². The summed E-state index contributed by atoms with van der Waals surface area (Å²) >= 11 is 0. The lowest BCUT2D eigenvalue weighted by Gasteiger charge is -2.39. The van der Waals surface area contributed by atoms with Gasteiger partial charge in [-0.3, -0.25) is 14.4 Å². The third-order valence-electron chi connectivity index (χ3n) is 5.80. The predicted molar refractivity (Wildman–Crippen MR) is 102 cm³/mol. The van der Waals surface area contributed by atoms with E-state index in [0.29, 0.717) is 17.8 Å². The highest BCUT2D eigenvalue weighted by atomic mass is 16.2. The van der Waals surface area contributed by atoms with E-state index in [9.17, 15) is 4.79 Å². The Hall–Kier alpha value is -2.14. The van der Waals surface area contributed by atoms with E-state index in [0.717, 1.165) is 19.4 Å². The van der Waals surface area contributed by atoms with Crippen molar-refractivity contribution >= 4 is 5.91 Å². The van der Waals surface area contributed by atoms with E-state index in [1.54, 1.807) is 0 Å². The molecule has 2 saturated heterocycles. The Balaban J connectivity index is 1.37. The number of carbonyl (C=O) groups is 1. The fraction of sp³-hybridized carbons (Fsp3) is 0.524. The third kappa shape index (κ3) is 3.54. The van der Waals surface area contributed by atoms with Crippen LogP contribution in [0.3, 0.4) is 0 Å². The zero-order chi connectivity index (χ0) is 18.1. The molecule has 3 heterocycles. The van der Waals surface area contributed by atoms with Gasteiger partial charge in [-0.05, 0) is 51.2 Å². The quantitative estimate of drug-likeness (QED) is 0.897. The molecule has 1 N–H and O–H groups in total. The molecule has 2 bridgehead atoms. The predicted octanol–water partition coefficient (Wildman–Crippen LogP) is 3.39. The molecule has 2 aliphatic heterocycles. The first-order chi connectivity index (χ1) is 12.6. The molecule has 0 spiro atoms. The van der Waals surface area contributed by atoms with Gasteiger partial charge in [0.1, 0.15) is 5.69 Å². The average Bonchev–Trinajstić information content (AvgIpc) is 3.20. The van der Waals surface area contributed by atoms with E-state index in [4.69, 9.17) is 0 Å². The van der Waals surface area contributed by atoms with Gasteiger partial charge in [0, 0.05) is 36.9 Å². The zero-order valence-corrected chi connectivity index (χ0v) is 15.6. The standard InChI is InChI=1S/C21H28N4O/c1-15(2)25-11-10-20(23-25)21(26)22-17-12-18-8-9-19(13-17)24(18)14-16-6-4-3-5-7-16/h3-7,10-11,15,17-19H,8-9,12-14H2,1-2H3,(H,22,26). The fourth-order valence-electron chi connectivity index (χ4n) is 4.45. The monoisotopic (exact) mass is 352 g/mol. The minimum atomic E-state index is -0.0368. The molecule has 1 amide bonds. The average molecular weight is 352 g/mol. The van der Waals surface area contributed by atoms with Crippen molar-refractivity contribution in [2.45, 2.75) is 70.2 Å². The van der Waals surface area contributed by atoms with Crippen molar-refractivity contribution in [3.63, 3.8) is 0 Å². The van der Waals surface area contributed by atoms with Gasteiger partial charge in [0.05, 0.1) is 0 Å². The van der Waals surface area contributed by atoms with Gasteiger partial charge in [0.2, 0.25) is 0 Å². The van der Waals surface area contributed by atoms with Crippen molar-refractivity contribution in [1.82, 2.24) is 20.0 Å². The second kappa shape index (κ2) is 7.23. The van der Waals surface area contributed by atoms with E-state index >= 15 is 0 Å². The van der Waals surface area contributed by atoms with Gasteiger partial charge in [0.15, 0.2) is 0 Å². The first kappa shape index (κ1) is 17.3. The van der Waals surface area contributed by atoms with Gasteiger partial charge in [-0.15, -0.1) is 0 Å². The molecule has 2 unspecified atom stereocenters. The van der Waals surface area contributed by atoms with E-state index < -0.39 is 0 Å². The maximum absolute atomic E-state index is 12.6. The smallest absolute Gasteiger partial charge is 0.271 e. The summed E-state index contributed by atoms with van der Waals surface area (Å²) in [5, 5.41) is 7.63. The number of hydrogen-bond donors (Lipinski definition) is 1. The highest BCUT2D eigenvalue weighted by molar-refractivity contribution is 5.92. The van der Waals surface area contributed by atoms with Crippen LogP contribution in [0.2, 0.25) is 0 Å². The van der Waals surface area contributed by atoms with Crippen LogP contribution < -0.4 is 5.32 Å². The molecule has 2 aromatic rings. The lowest BCUT2D eigenvalue weighted by Crippen LogP contribution is -2.50. The summed E-state index contributed by atoms with van der Waals surface area (Å²) in [6.45, 7) is 5.15. The minimum Gasteiger partial charge on any atom is -0.348 e. The Morgan fingerprint density at radius 3 is 2.46 bits per heavy atom. The van der Waals surface area contributed by atoms with Crippen molar-refractivity contribution in [2.75, 3.05) is 0 Å². The molecule has 1 aromatic carbocycles. The van der Waals surface area contributed by atoms with Gasteiger partial charge in [0.25, 0.3) is 5.91 Å². The number of aromatic nitrogens is 2. The minimum absolute atomic E-state index is 0.0368. The second-order valence-corrected chi connectivity index (χ2v) is 7.96. The van der Waals surface area contributed by atoms with Crippen molar-refractivity contribution in [3.8, 4) is 0 Å². The number of carbonyl (C=O) groups excluding carboxylic acids is 1. The van der Waals surface area contributed by atoms with Gasteiger partial charge < -0.3 is 5.32 Å². The maximum Gasteiger partial charge on any atom is 0.271 e. The normalized spacial score (nSPS) is 25.6. The molecule has 2 fully saturated rings. The lowest BCUT2D eigenvalue weighted by atomic mass is 9.96. The molecular weight excluding hydrogens is 324 g/mol. The number of nitrogens with zero attached hydrogens (tertiary/aromatic N) is 3. The molecule has 2 aliphatic rings. The van der Waals surface area contributed by atoms with Crippen LogP contribution in [0.1, 0.15) is 61.6 Å². The molecule has 5 heteroatoms. The zero-order valence-electron chi connectivity index (χ0n) is 15.6. The van der Waals surface area contributed by atoms with Gasteiger partial charge in [-0.1, -0.05) is 30.3 Å². The van der Waals surface area contributed by atoms with Crippen molar-refractivity contribution in [3.05, 3.63) is 53.9 Å². The SMILES string of the molecule is CC(C)n1ccc(C(=O)NC2CC3CCC(C2)N3Cc2ccccc2)n1. The van der Waals surface area contributed by atoms with Gasteiger partial charge in [-0.2, -0.15) is 5.10 Å². The lowest BCUT2D eigenvalue weighted by molar-refractivity contribution is 0.0823. The first-order valence-corrected chi connectivity index (χ1v) is 9.76.